The SMILES string of the molecule is COc1nc(CO)c2nc3coc(O)c3c(-c3ccc(O)c(OC)c3)c2n1. The summed E-state index contributed by atoms with van der Waals surface area (Å²) in [5.41, 5.74) is 2.40. The van der Waals surface area contributed by atoms with Gasteiger partial charge in [0, 0.05) is 5.56 Å². The number of benzene rings is 1. The summed E-state index contributed by atoms with van der Waals surface area (Å²) in [5.74, 6) is -0.114. The van der Waals surface area contributed by atoms with Crippen molar-refractivity contribution in [1.82, 2.24) is 15.0 Å². The largest absolute Gasteiger partial charge is 0.504 e. The lowest BCUT2D eigenvalue weighted by molar-refractivity contribution is 0.275. The van der Waals surface area contributed by atoms with Crippen molar-refractivity contribution in [2.75, 3.05) is 14.2 Å². The van der Waals surface area contributed by atoms with Crippen LogP contribution in [0.1, 0.15) is 5.69 Å². The number of hydrogen-bond donors (Lipinski definition) is 3. The van der Waals surface area contributed by atoms with Crippen molar-refractivity contribution in [1.29, 1.82) is 0 Å². The molecule has 1 aromatic carbocycles. The van der Waals surface area contributed by atoms with Crippen LogP contribution in [0.15, 0.2) is 28.9 Å². The Bertz CT molecular complexity index is 1170. The van der Waals surface area contributed by atoms with Crippen LogP contribution in [0, 0.1) is 0 Å². The Hall–Kier alpha value is -3.59. The van der Waals surface area contributed by atoms with Gasteiger partial charge in [0.05, 0.1) is 31.9 Å². The maximum Gasteiger partial charge on any atom is 0.317 e. The third-order valence-electron chi connectivity index (χ3n) is 4.21. The van der Waals surface area contributed by atoms with E-state index in [2.05, 4.69) is 15.0 Å². The first-order valence-electron chi connectivity index (χ1n) is 7.90. The van der Waals surface area contributed by atoms with Crippen molar-refractivity contribution in [2.45, 2.75) is 6.61 Å². The summed E-state index contributed by atoms with van der Waals surface area (Å²) in [5, 5.41) is 30.2. The predicted octanol–water partition coefficient (Wildman–Crippen LogP) is 2.36. The minimum atomic E-state index is -0.379. The summed E-state index contributed by atoms with van der Waals surface area (Å²) in [7, 11) is 2.84. The van der Waals surface area contributed by atoms with Gasteiger partial charge in [0.15, 0.2) is 11.5 Å². The Morgan fingerprint density at radius 2 is 1.85 bits per heavy atom. The van der Waals surface area contributed by atoms with Gasteiger partial charge < -0.3 is 29.2 Å². The Balaban J connectivity index is 2.19. The molecule has 0 radical (unpaired) electrons. The fraction of sp³-hybridized carbons (Fsp3) is 0.167. The average molecular weight is 369 g/mol. The molecule has 0 saturated carbocycles. The van der Waals surface area contributed by atoms with E-state index < -0.39 is 0 Å². The highest BCUT2D eigenvalue weighted by molar-refractivity contribution is 6.10. The monoisotopic (exact) mass is 369 g/mol. The summed E-state index contributed by atoms with van der Waals surface area (Å²) in [4.78, 5) is 12.9. The van der Waals surface area contributed by atoms with Crippen LogP contribution in [-0.2, 0) is 6.61 Å². The number of furan rings is 1. The highest BCUT2D eigenvalue weighted by Crippen LogP contribution is 2.42. The summed E-state index contributed by atoms with van der Waals surface area (Å²) in [6.07, 6.45) is 1.30. The molecule has 0 unspecified atom stereocenters. The molecule has 4 rings (SSSR count). The molecular weight excluding hydrogens is 354 g/mol. The van der Waals surface area contributed by atoms with Crippen molar-refractivity contribution in [3.8, 4) is 34.6 Å². The van der Waals surface area contributed by atoms with E-state index in [0.29, 0.717) is 33.1 Å². The highest BCUT2D eigenvalue weighted by atomic mass is 16.5. The fourth-order valence-corrected chi connectivity index (χ4v) is 2.98. The second-order valence-electron chi connectivity index (χ2n) is 5.69. The van der Waals surface area contributed by atoms with Crippen LogP contribution in [0.3, 0.4) is 0 Å². The molecular formula is C18H15N3O6. The van der Waals surface area contributed by atoms with Gasteiger partial charge in [0.25, 0.3) is 5.95 Å². The number of fused-ring (bicyclic) bond motifs is 2. The Morgan fingerprint density at radius 1 is 1.04 bits per heavy atom. The van der Waals surface area contributed by atoms with Gasteiger partial charge in [0.2, 0.25) is 0 Å². The molecule has 27 heavy (non-hydrogen) atoms. The number of hydrogen-bond acceptors (Lipinski definition) is 9. The molecule has 0 aliphatic rings. The van der Waals surface area contributed by atoms with Crippen LogP contribution in [0.2, 0.25) is 0 Å². The lowest BCUT2D eigenvalue weighted by Crippen LogP contribution is -2.02. The van der Waals surface area contributed by atoms with Gasteiger partial charge in [-0.1, -0.05) is 6.07 Å². The third kappa shape index (κ3) is 2.56. The minimum Gasteiger partial charge on any atom is -0.504 e. The number of aliphatic hydroxyl groups is 1. The number of aromatic nitrogens is 3. The number of phenolic OH excluding ortho intramolecular Hbond substituents is 1. The molecule has 0 aliphatic heterocycles. The molecule has 3 N–H and O–H groups in total. The summed E-state index contributed by atoms with van der Waals surface area (Å²) in [6, 6.07) is 4.76. The number of aliphatic hydroxyl groups excluding tert-OH is 1. The van der Waals surface area contributed by atoms with Gasteiger partial charge in [-0.25, -0.2) is 4.98 Å². The average Bonchev–Trinajstić information content (AvgIpc) is 3.06. The summed E-state index contributed by atoms with van der Waals surface area (Å²) in [6.45, 7) is -0.379. The van der Waals surface area contributed by atoms with Crippen molar-refractivity contribution in [3.63, 3.8) is 0 Å². The minimum absolute atomic E-state index is 0.0319. The lowest BCUT2D eigenvalue weighted by atomic mass is 10.00. The van der Waals surface area contributed by atoms with Crippen LogP contribution in [-0.4, -0.2) is 44.5 Å². The Labute approximate surface area is 152 Å². The molecule has 0 spiro atoms. The molecule has 9 heteroatoms. The van der Waals surface area contributed by atoms with Gasteiger partial charge in [0.1, 0.15) is 22.8 Å². The van der Waals surface area contributed by atoms with Crippen molar-refractivity contribution in [2.24, 2.45) is 0 Å². The maximum atomic E-state index is 10.2. The maximum absolute atomic E-state index is 10.2. The van der Waals surface area contributed by atoms with E-state index >= 15 is 0 Å². The zero-order valence-electron chi connectivity index (χ0n) is 14.4. The van der Waals surface area contributed by atoms with Gasteiger partial charge in [-0.15, -0.1) is 0 Å². The Morgan fingerprint density at radius 3 is 2.56 bits per heavy atom. The van der Waals surface area contributed by atoms with Crippen LogP contribution in [0.25, 0.3) is 33.1 Å². The normalized spacial score (nSPS) is 11.2. The number of nitrogens with zero attached hydrogens (tertiary/aromatic N) is 3. The fourth-order valence-electron chi connectivity index (χ4n) is 2.98. The lowest BCUT2D eigenvalue weighted by Gasteiger charge is -2.12. The van der Waals surface area contributed by atoms with Gasteiger partial charge in [-0.05, 0) is 17.7 Å². The third-order valence-corrected chi connectivity index (χ3v) is 4.21. The number of ether oxygens (including phenoxy) is 2. The van der Waals surface area contributed by atoms with Crippen molar-refractivity contribution < 1.29 is 29.2 Å². The van der Waals surface area contributed by atoms with Gasteiger partial charge in [-0.2, -0.15) is 9.97 Å². The van der Waals surface area contributed by atoms with Crippen LogP contribution in [0.4, 0.5) is 0 Å². The molecule has 0 amide bonds. The first kappa shape index (κ1) is 16.9. The molecule has 3 aromatic heterocycles. The van der Waals surface area contributed by atoms with E-state index in [1.165, 1.54) is 26.5 Å². The Kier molecular flexibility index (Phi) is 3.93. The first-order valence-corrected chi connectivity index (χ1v) is 7.90. The topological polar surface area (TPSA) is 131 Å². The molecule has 0 aliphatic carbocycles. The second kappa shape index (κ2) is 6.29. The number of aromatic hydroxyl groups is 2. The number of pyridine rings is 1. The number of phenols is 1. The van der Waals surface area contributed by atoms with E-state index in [1.54, 1.807) is 12.1 Å². The quantitative estimate of drug-likeness (QED) is 0.496. The smallest absolute Gasteiger partial charge is 0.317 e. The molecule has 0 bridgehead atoms. The second-order valence-corrected chi connectivity index (χ2v) is 5.69. The zero-order valence-corrected chi connectivity index (χ0v) is 14.4. The van der Waals surface area contributed by atoms with E-state index in [0.717, 1.165) is 0 Å². The number of methoxy groups -OCH3 is 2. The standard InChI is InChI=1S/C18H15N3O6/c1-25-12-5-8(3-4-11(12)23)13-14-10(7-27-17(14)24)19-15-9(6-22)20-18(26-2)21-16(13)15/h3-5,7,22-24H,6H2,1-2H3. The summed E-state index contributed by atoms with van der Waals surface area (Å²) >= 11 is 0. The van der Waals surface area contributed by atoms with Gasteiger partial charge >= 0.3 is 6.01 Å². The van der Waals surface area contributed by atoms with E-state index in [-0.39, 0.29) is 35.8 Å². The van der Waals surface area contributed by atoms with Crippen LogP contribution in [0.5, 0.6) is 23.5 Å². The first-order chi connectivity index (χ1) is 13.1. The molecule has 0 atom stereocenters. The molecule has 4 aromatic rings. The van der Waals surface area contributed by atoms with Crippen molar-refractivity contribution in [3.05, 3.63) is 30.2 Å². The van der Waals surface area contributed by atoms with Gasteiger partial charge in [-0.3, -0.25) is 0 Å². The zero-order chi connectivity index (χ0) is 19.1. The molecule has 3 heterocycles. The predicted molar refractivity (Wildman–Crippen MR) is 94.9 cm³/mol. The summed E-state index contributed by atoms with van der Waals surface area (Å²) < 4.78 is 15.4. The molecule has 9 nitrogen and oxygen atoms in total. The molecule has 0 fully saturated rings. The molecule has 138 valence electrons. The van der Waals surface area contributed by atoms with E-state index in [4.69, 9.17) is 13.9 Å². The van der Waals surface area contributed by atoms with Crippen molar-refractivity contribution >= 4 is 21.9 Å². The highest BCUT2D eigenvalue weighted by Gasteiger charge is 2.22. The molecule has 0 saturated heterocycles. The van der Waals surface area contributed by atoms with E-state index in [1.807, 2.05) is 0 Å². The van der Waals surface area contributed by atoms with E-state index in [9.17, 15) is 15.3 Å². The van der Waals surface area contributed by atoms with Crippen LogP contribution < -0.4 is 9.47 Å². The number of rotatable bonds is 4. The van der Waals surface area contributed by atoms with Crippen LogP contribution >= 0.6 is 0 Å².